The lowest BCUT2D eigenvalue weighted by Gasteiger charge is -2.12. The van der Waals surface area contributed by atoms with Crippen LogP contribution in [-0.4, -0.2) is 30.5 Å². The quantitative estimate of drug-likeness (QED) is 0.666. The highest BCUT2D eigenvalue weighted by Crippen LogP contribution is 2.30. The van der Waals surface area contributed by atoms with E-state index < -0.39 is 0 Å². The molecule has 2 heterocycles. The van der Waals surface area contributed by atoms with E-state index in [4.69, 9.17) is 25.9 Å². The predicted octanol–water partition coefficient (Wildman–Crippen LogP) is 4.47. The van der Waals surface area contributed by atoms with Crippen LogP contribution in [0.15, 0.2) is 59.9 Å². The second-order valence-corrected chi connectivity index (χ2v) is 6.33. The fraction of sp³-hybridized carbons (Fsp3) is 0.200. The third-order valence-corrected chi connectivity index (χ3v) is 4.58. The Kier molecular flexibility index (Phi) is 4.63. The summed E-state index contributed by atoms with van der Waals surface area (Å²) in [6, 6.07) is 15.2. The van der Waals surface area contributed by atoms with Gasteiger partial charge in [0.25, 0.3) is 0 Å². The van der Waals surface area contributed by atoms with Crippen molar-refractivity contribution in [1.82, 2.24) is 4.98 Å². The number of halogens is 1. The average molecular weight is 369 g/mol. The number of benzene rings is 2. The van der Waals surface area contributed by atoms with Crippen LogP contribution >= 0.6 is 11.6 Å². The second-order valence-electron chi connectivity index (χ2n) is 5.93. The maximum atomic E-state index is 6.22. The van der Waals surface area contributed by atoms with Crippen molar-refractivity contribution >= 4 is 28.2 Å². The number of aromatic nitrogens is 1. The molecule has 0 radical (unpaired) electrons. The van der Waals surface area contributed by atoms with Crippen LogP contribution in [0.3, 0.4) is 0 Å². The lowest BCUT2D eigenvalue weighted by Crippen LogP contribution is -2.18. The first-order chi connectivity index (χ1) is 12.8. The fourth-order valence-electron chi connectivity index (χ4n) is 2.97. The third kappa shape index (κ3) is 3.18. The Morgan fingerprint density at radius 1 is 1.12 bits per heavy atom. The number of rotatable bonds is 5. The first-order valence-corrected chi connectivity index (χ1v) is 8.66. The largest absolute Gasteiger partial charge is 0.496 e. The molecule has 0 N–H and O–H groups in total. The van der Waals surface area contributed by atoms with Gasteiger partial charge in [0, 0.05) is 23.6 Å². The van der Waals surface area contributed by atoms with E-state index in [1.165, 1.54) is 0 Å². The zero-order chi connectivity index (χ0) is 17.9. The normalized spacial score (nSPS) is 16.2. The van der Waals surface area contributed by atoms with Gasteiger partial charge < -0.3 is 14.3 Å². The van der Waals surface area contributed by atoms with Gasteiger partial charge in [-0.25, -0.2) is 0 Å². The molecule has 0 bridgehead atoms. The first-order valence-electron chi connectivity index (χ1n) is 8.28. The summed E-state index contributed by atoms with van der Waals surface area (Å²) in [5, 5.41) is 5.72. The van der Waals surface area contributed by atoms with Crippen molar-refractivity contribution < 1.29 is 14.3 Å². The summed E-state index contributed by atoms with van der Waals surface area (Å²) < 4.78 is 11.3. The zero-order valence-corrected chi connectivity index (χ0v) is 14.9. The van der Waals surface area contributed by atoms with Crippen LogP contribution in [0.5, 0.6) is 11.5 Å². The van der Waals surface area contributed by atoms with Gasteiger partial charge in [0.2, 0.25) is 0 Å². The highest BCUT2D eigenvalue weighted by molar-refractivity contribution is 6.35. The minimum atomic E-state index is -0.163. The van der Waals surface area contributed by atoms with Crippen molar-refractivity contribution in [2.75, 3.05) is 13.7 Å². The van der Waals surface area contributed by atoms with Crippen LogP contribution in [0, 0.1) is 0 Å². The summed E-state index contributed by atoms with van der Waals surface area (Å²) in [5.41, 5.74) is 2.54. The Morgan fingerprint density at radius 2 is 2.00 bits per heavy atom. The smallest absolute Gasteiger partial charge is 0.167 e. The van der Waals surface area contributed by atoms with E-state index in [1.54, 1.807) is 13.3 Å². The van der Waals surface area contributed by atoms with Gasteiger partial charge in [0.15, 0.2) is 6.10 Å². The third-order valence-electron chi connectivity index (χ3n) is 4.26. The molecule has 0 fully saturated rings. The van der Waals surface area contributed by atoms with Crippen LogP contribution in [0.25, 0.3) is 10.9 Å². The standard InChI is InChI=1S/C20H17ClN2O3/c1-24-18-7-3-2-5-15(18)17-11-13(26-23-17)12-25-19-9-8-16(21)14-6-4-10-22-20(14)19/h2-10,13H,11-12H2,1H3/t13-/m1/s1. The molecule has 0 saturated carbocycles. The highest BCUT2D eigenvalue weighted by Gasteiger charge is 2.25. The van der Waals surface area contributed by atoms with Crippen LogP contribution in [0.4, 0.5) is 0 Å². The molecule has 0 amide bonds. The predicted molar refractivity (Wildman–Crippen MR) is 101 cm³/mol. The molecule has 4 rings (SSSR count). The molecule has 1 aliphatic heterocycles. The van der Waals surface area contributed by atoms with Crippen LogP contribution in [0.1, 0.15) is 12.0 Å². The average Bonchev–Trinajstić information content (AvgIpc) is 3.16. The van der Waals surface area contributed by atoms with Crippen LogP contribution in [0.2, 0.25) is 5.02 Å². The molecule has 6 heteroatoms. The van der Waals surface area contributed by atoms with E-state index in [0.717, 1.165) is 27.9 Å². The maximum absolute atomic E-state index is 6.22. The minimum absolute atomic E-state index is 0.163. The maximum Gasteiger partial charge on any atom is 0.167 e. The van der Waals surface area contributed by atoms with Crippen molar-refractivity contribution in [3.05, 3.63) is 65.3 Å². The number of hydrogen-bond donors (Lipinski definition) is 0. The van der Waals surface area contributed by atoms with Gasteiger partial charge >= 0.3 is 0 Å². The molecule has 1 aliphatic rings. The first kappa shape index (κ1) is 16.7. The SMILES string of the molecule is COc1ccccc1C1=NO[C@@H](COc2ccc(Cl)c3cccnc23)C1. The number of pyridine rings is 1. The van der Waals surface area contributed by atoms with Gasteiger partial charge in [0.1, 0.15) is 23.6 Å². The number of nitrogens with zero attached hydrogens (tertiary/aromatic N) is 2. The van der Waals surface area contributed by atoms with Gasteiger partial charge in [-0.3, -0.25) is 4.98 Å². The van der Waals surface area contributed by atoms with E-state index in [1.807, 2.05) is 48.5 Å². The molecular formula is C20H17ClN2O3. The molecule has 5 nitrogen and oxygen atoms in total. The minimum Gasteiger partial charge on any atom is -0.496 e. The zero-order valence-electron chi connectivity index (χ0n) is 14.2. The molecule has 2 aromatic carbocycles. The lowest BCUT2D eigenvalue weighted by atomic mass is 10.0. The van der Waals surface area contributed by atoms with E-state index in [9.17, 15) is 0 Å². The van der Waals surface area contributed by atoms with E-state index in [0.29, 0.717) is 23.8 Å². The highest BCUT2D eigenvalue weighted by atomic mass is 35.5. The topological polar surface area (TPSA) is 52.9 Å². The number of methoxy groups -OCH3 is 1. The Morgan fingerprint density at radius 3 is 2.88 bits per heavy atom. The van der Waals surface area contributed by atoms with E-state index >= 15 is 0 Å². The van der Waals surface area contributed by atoms with Gasteiger partial charge in [-0.2, -0.15) is 0 Å². The van der Waals surface area contributed by atoms with Crippen molar-refractivity contribution in [1.29, 1.82) is 0 Å². The van der Waals surface area contributed by atoms with Gasteiger partial charge in [0.05, 0.1) is 17.8 Å². The van der Waals surface area contributed by atoms with Gasteiger partial charge in [-0.15, -0.1) is 0 Å². The van der Waals surface area contributed by atoms with Crippen molar-refractivity contribution in [3.63, 3.8) is 0 Å². The second kappa shape index (κ2) is 7.22. The number of hydrogen-bond acceptors (Lipinski definition) is 5. The fourth-order valence-corrected chi connectivity index (χ4v) is 3.19. The van der Waals surface area contributed by atoms with Crippen molar-refractivity contribution in [3.8, 4) is 11.5 Å². The molecule has 1 aromatic heterocycles. The Hall–Kier alpha value is -2.79. The molecule has 0 unspecified atom stereocenters. The summed E-state index contributed by atoms with van der Waals surface area (Å²) in [5.74, 6) is 1.46. The van der Waals surface area contributed by atoms with Crippen molar-refractivity contribution in [2.45, 2.75) is 12.5 Å². The van der Waals surface area contributed by atoms with Crippen LogP contribution in [-0.2, 0) is 4.84 Å². The Bertz CT molecular complexity index is 974. The number of fused-ring (bicyclic) bond motifs is 1. The van der Waals surface area contributed by atoms with E-state index in [2.05, 4.69) is 10.1 Å². The molecule has 0 saturated heterocycles. The molecular weight excluding hydrogens is 352 g/mol. The van der Waals surface area contributed by atoms with Gasteiger partial charge in [-0.05, 0) is 36.4 Å². The molecule has 26 heavy (non-hydrogen) atoms. The molecule has 0 aliphatic carbocycles. The van der Waals surface area contributed by atoms with Gasteiger partial charge in [-0.1, -0.05) is 28.9 Å². The summed E-state index contributed by atoms with van der Waals surface area (Å²) in [6.45, 7) is 0.370. The summed E-state index contributed by atoms with van der Waals surface area (Å²) in [4.78, 5) is 9.91. The monoisotopic (exact) mass is 368 g/mol. The molecule has 3 aromatic rings. The van der Waals surface area contributed by atoms with Crippen LogP contribution < -0.4 is 9.47 Å². The number of ether oxygens (including phenoxy) is 2. The molecule has 0 spiro atoms. The summed E-state index contributed by atoms with van der Waals surface area (Å²) in [7, 11) is 1.65. The Balaban J connectivity index is 1.46. The summed E-state index contributed by atoms with van der Waals surface area (Å²) >= 11 is 6.22. The summed E-state index contributed by atoms with van der Waals surface area (Å²) in [6.07, 6.45) is 2.21. The molecule has 132 valence electrons. The number of para-hydroxylation sites is 1. The number of oxime groups is 1. The lowest BCUT2D eigenvalue weighted by molar-refractivity contribution is 0.0475. The Labute approximate surface area is 156 Å². The van der Waals surface area contributed by atoms with Crippen molar-refractivity contribution in [2.24, 2.45) is 5.16 Å². The molecule has 1 atom stereocenters. The van der Waals surface area contributed by atoms with E-state index in [-0.39, 0.29) is 6.10 Å².